The maximum atomic E-state index is 12.7. The third-order valence-corrected chi connectivity index (χ3v) is 4.98. The zero-order valence-electron chi connectivity index (χ0n) is 16.0. The fraction of sp³-hybridized carbons (Fsp3) is 0.190. The van der Waals surface area contributed by atoms with Gasteiger partial charge in [-0.05, 0) is 30.3 Å². The Morgan fingerprint density at radius 3 is 2.59 bits per heavy atom. The van der Waals surface area contributed by atoms with Gasteiger partial charge < -0.3 is 26.1 Å². The Kier molecular flexibility index (Phi) is 5.11. The number of benzene rings is 2. The number of hydrazine groups is 1. The van der Waals surface area contributed by atoms with E-state index in [-0.39, 0.29) is 5.43 Å². The van der Waals surface area contributed by atoms with Gasteiger partial charge in [0.15, 0.2) is 5.43 Å². The summed E-state index contributed by atoms with van der Waals surface area (Å²) in [6, 6.07) is 14.2. The predicted octanol–water partition coefficient (Wildman–Crippen LogP) is 1.58. The smallest absolute Gasteiger partial charge is 0.191 e. The van der Waals surface area contributed by atoms with E-state index in [0.29, 0.717) is 41.1 Å². The molecule has 29 heavy (non-hydrogen) atoms. The first-order chi connectivity index (χ1) is 14.0. The van der Waals surface area contributed by atoms with Gasteiger partial charge in [0, 0.05) is 42.0 Å². The number of hydrogen-bond donors (Lipinski definition) is 4. The second-order valence-electron chi connectivity index (χ2n) is 6.93. The molecular formula is C21H24N6O2. The van der Waals surface area contributed by atoms with Crippen LogP contribution >= 0.6 is 0 Å². The third-order valence-electron chi connectivity index (χ3n) is 4.98. The normalized spacial score (nSPS) is 14.9. The van der Waals surface area contributed by atoms with Crippen molar-refractivity contribution in [1.82, 2.24) is 4.98 Å². The molecule has 0 spiro atoms. The Bertz CT molecular complexity index is 1100. The van der Waals surface area contributed by atoms with E-state index in [1.807, 2.05) is 12.1 Å². The number of para-hydroxylation sites is 1. The largest absolute Gasteiger partial charge is 0.399 e. The van der Waals surface area contributed by atoms with Crippen LogP contribution in [0.4, 0.5) is 17.2 Å². The van der Waals surface area contributed by atoms with Crippen molar-refractivity contribution >= 4 is 33.8 Å². The number of nitrogens with zero attached hydrogens (tertiary/aromatic N) is 2. The van der Waals surface area contributed by atoms with Gasteiger partial charge in [0.2, 0.25) is 0 Å². The molecule has 1 aliphatic heterocycles. The average molecular weight is 392 g/mol. The Morgan fingerprint density at radius 2 is 1.86 bits per heavy atom. The molecule has 0 bridgehead atoms. The number of nitrogens with one attached hydrogen (secondary N) is 1. The number of aromatic amines is 1. The summed E-state index contributed by atoms with van der Waals surface area (Å²) in [6.45, 7) is 2.71. The fourth-order valence-electron chi connectivity index (χ4n) is 3.41. The van der Waals surface area contributed by atoms with Crippen molar-refractivity contribution in [2.45, 2.75) is 0 Å². The minimum absolute atomic E-state index is 0.0574. The number of morpholine rings is 1. The second-order valence-corrected chi connectivity index (χ2v) is 6.93. The lowest BCUT2D eigenvalue weighted by molar-refractivity contribution is 0.122. The van der Waals surface area contributed by atoms with Crippen molar-refractivity contribution in [3.8, 4) is 0 Å². The summed E-state index contributed by atoms with van der Waals surface area (Å²) in [6.07, 6.45) is 1.63. The summed E-state index contributed by atoms with van der Waals surface area (Å²) >= 11 is 0. The lowest BCUT2D eigenvalue weighted by atomic mass is 10.1. The van der Waals surface area contributed by atoms with Gasteiger partial charge in [0.1, 0.15) is 5.82 Å². The summed E-state index contributed by atoms with van der Waals surface area (Å²) < 4.78 is 5.40. The summed E-state index contributed by atoms with van der Waals surface area (Å²) in [5.41, 5.74) is 15.3. The standard InChI is InChI=1S/C21H24N6O2/c22-14-4-6-15(7-5-14)27(24)13-18(23)16-2-1-3-17-19(28)12-20(25-21(16)17)26-8-10-29-11-9-26/h1-7,12-13H,8-11,22-24H2,(H,25,28)/b18-13-. The molecule has 2 aromatic carbocycles. The lowest BCUT2D eigenvalue weighted by Gasteiger charge is -2.28. The highest BCUT2D eigenvalue weighted by atomic mass is 16.5. The van der Waals surface area contributed by atoms with E-state index in [9.17, 15) is 4.79 Å². The molecule has 0 saturated carbocycles. The Labute approximate surface area is 168 Å². The third kappa shape index (κ3) is 3.89. The van der Waals surface area contributed by atoms with Crippen LogP contribution in [0.25, 0.3) is 16.6 Å². The molecule has 4 rings (SSSR count). The summed E-state index contributed by atoms with van der Waals surface area (Å²) in [5.74, 6) is 6.90. The zero-order valence-corrected chi connectivity index (χ0v) is 16.0. The first-order valence-electron chi connectivity index (χ1n) is 9.39. The quantitative estimate of drug-likeness (QED) is 0.302. The number of hydrogen-bond acceptors (Lipinski definition) is 7. The van der Waals surface area contributed by atoms with Crippen LogP contribution in [-0.2, 0) is 4.74 Å². The van der Waals surface area contributed by atoms with Crippen molar-refractivity contribution < 1.29 is 4.74 Å². The van der Waals surface area contributed by atoms with E-state index in [1.54, 1.807) is 42.6 Å². The van der Waals surface area contributed by atoms with Crippen LogP contribution in [0.15, 0.2) is 59.5 Å². The molecule has 150 valence electrons. The van der Waals surface area contributed by atoms with Crippen LogP contribution in [0.3, 0.4) is 0 Å². The van der Waals surface area contributed by atoms with Crippen LogP contribution in [-0.4, -0.2) is 31.3 Å². The first-order valence-corrected chi connectivity index (χ1v) is 9.39. The molecule has 0 unspecified atom stereocenters. The summed E-state index contributed by atoms with van der Waals surface area (Å²) in [4.78, 5) is 18.2. The molecule has 2 heterocycles. The van der Waals surface area contributed by atoms with Gasteiger partial charge in [-0.25, -0.2) is 5.84 Å². The van der Waals surface area contributed by atoms with E-state index < -0.39 is 0 Å². The highest BCUT2D eigenvalue weighted by molar-refractivity contribution is 5.91. The highest BCUT2D eigenvalue weighted by Gasteiger charge is 2.15. The second kappa shape index (κ2) is 7.86. The molecule has 8 heteroatoms. The average Bonchev–Trinajstić information content (AvgIpc) is 2.74. The Balaban J connectivity index is 1.75. The Morgan fingerprint density at radius 1 is 1.14 bits per heavy atom. The van der Waals surface area contributed by atoms with E-state index >= 15 is 0 Å². The van der Waals surface area contributed by atoms with Crippen molar-refractivity contribution in [2.24, 2.45) is 11.6 Å². The SMILES string of the molecule is N/C(=C\N(N)c1ccc(N)cc1)c1cccc2c(=O)cc(N3CCOCC3)[nH]c12. The topological polar surface area (TPSA) is 127 Å². The Hall–Kier alpha value is -3.49. The van der Waals surface area contributed by atoms with E-state index in [0.717, 1.165) is 24.6 Å². The maximum Gasteiger partial charge on any atom is 0.191 e. The van der Waals surface area contributed by atoms with Crippen molar-refractivity contribution in [2.75, 3.05) is 41.9 Å². The number of H-pyrrole nitrogens is 1. The summed E-state index contributed by atoms with van der Waals surface area (Å²) in [5, 5.41) is 2.00. The molecule has 0 atom stereocenters. The van der Waals surface area contributed by atoms with Crippen LogP contribution in [0.2, 0.25) is 0 Å². The maximum absolute atomic E-state index is 12.7. The van der Waals surface area contributed by atoms with Gasteiger partial charge in [0.05, 0.1) is 30.1 Å². The molecule has 8 nitrogen and oxygen atoms in total. The van der Waals surface area contributed by atoms with Gasteiger partial charge in [-0.2, -0.15) is 0 Å². The molecule has 1 fully saturated rings. The predicted molar refractivity (Wildman–Crippen MR) is 117 cm³/mol. The molecule has 3 aromatic rings. The van der Waals surface area contributed by atoms with Crippen molar-refractivity contribution in [3.63, 3.8) is 0 Å². The monoisotopic (exact) mass is 392 g/mol. The minimum atomic E-state index is -0.0574. The van der Waals surface area contributed by atoms with Gasteiger partial charge in [-0.3, -0.25) is 9.80 Å². The van der Waals surface area contributed by atoms with Gasteiger partial charge >= 0.3 is 0 Å². The number of ether oxygens (including phenoxy) is 1. The number of pyridine rings is 1. The van der Waals surface area contributed by atoms with Crippen LogP contribution in [0.5, 0.6) is 0 Å². The van der Waals surface area contributed by atoms with Gasteiger partial charge in [0.25, 0.3) is 0 Å². The van der Waals surface area contributed by atoms with E-state index in [4.69, 9.17) is 22.0 Å². The first kappa shape index (κ1) is 18.9. The van der Waals surface area contributed by atoms with Crippen LogP contribution < -0.4 is 32.6 Å². The van der Waals surface area contributed by atoms with Crippen molar-refractivity contribution in [1.29, 1.82) is 0 Å². The molecule has 0 radical (unpaired) electrons. The molecule has 1 aromatic heterocycles. The number of aromatic nitrogens is 1. The van der Waals surface area contributed by atoms with Crippen LogP contribution in [0.1, 0.15) is 5.56 Å². The van der Waals surface area contributed by atoms with Crippen LogP contribution in [0, 0.1) is 0 Å². The molecule has 7 N–H and O–H groups in total. The number of anilines is 3. The summed E-state index contributed by atoms with van der Waals surface area (Å²) in [7, 11) is 0. The van der Waals surface area contributed by atoms with Gasteiger partial charge in [-0.15, -0.1) is 0 Å². The van der Waals surface area contributed by atoms with E-state index in [1.165, 1.54) is 5.01 Å². The molecule has 0 aliphatic carbocycles. The molecule has 1 saturated heterocycles. The van der Waals surface area contributed by atoms with Crippen molar-refractivity contribution in [3.05, 3.63) is 70.5 Å². The van der Waals surface area contributed by atoms with E-state index in [2.05, 4.69) is 9.88 Å². The number of rotatable bonds is 4. The highest BCUT2D eigenvalue weighted by Crippen LogP contribution is 2.23. The molecular weight excluding hydrogens is 368 g/mol. The molecule has 0 amide bonds. The minimum Gasteiger partial charge on any atom is -0.399 e. The zero-order chi connectivity index (χ0) is 20.4. The number of nitrogens with two attached hydrogens (primary N) is 3. The number of fused-ring (bicyclic) bond motifs is 1. The fourth-order valence-corrected chi connectivity index (χ4v) is 3.41. The lowest BCUT2D eigenvalue weighted by Crippen LogP contribution is -2.37. The number of nitrogen functional groups attached to an aromatic ring is 1. The molecule has 1 aliphatic rings. The van der Waals surface area contributed by atoms with Gasteiger partial charge in [-0.1, -0.05) is 12.1 Å².